The van der Waals surface area contributed by atoms with Crippen molar-refractivity contribution in [2.75, 3.05) is 12.4 Å². The number of hydrogen-bond acceptors (Lipinski definition) is 5. The number of amides is 1. The zero-order valence-corrected chi connectivity index (χ0v) is 17.7. The molecular formula is C26H23N3O3. The van der Waals surface area contributed by atoms with Crippen LogP contribution in [-0.4, -0.2) is 28.1 Å². The molecule has 6 nitrogen and oxygen atoms in total. The number of ether oxygens (including phenoxy) is 1. The number of anilines is 1. The molecular weight excluding hydrogens is 402 g/mol. The van der Waals surface area contributed by atoms with Gasteiger partial charge in [0.15, 0.2) is 5.82 Å². The molecule has 1 amide bonds. The van der Waals surface area contributed by atoms with Crippen LogP contribution in [0.5, 0.6) is 11.5 Å². The molecule has 0 unspecified atom stereocenters. The molecule has 0 saturated heterocycles. The highest BCUT2D eigenvalue weighted by Gasteiger charge is 2.14. The largest absolute Gasteiger partial charge is 0.508 e. The standard InChI is InChI=1S/C26H23N3O3/c1-32-22-14-10-19(11-15-22)23-17-27-26(25(28-23)20-8-12-21(30)13-9-20)29-24(31)16-7-18-5-3-2-4-6-18/h2-6,8-15,17,30H,7,16H2,1H3,(H,27,29,31). The number of hydrogen-bond donors (Lipinski definition) is 2. The summed E-state index contributed by atoms with van der Waals surface area (Å²) >= 11 is 0. The van der Waals surface area contributed by atoms with Crippen LogP contribution in [0.3, 0.4) is 0 Å². The van der Waals surface area contributed by atoms with Crippen LogP contribution in [0.1, 0.15) is 12.0 Å². The molecule has 160 valence electrons. The molecule has 3 aromatic carbocycles. The van der Waals surface area contributed by atoms with Crippen molar-refractivity contribution in [3.05, 3.63) is 90.6 Å². The molecule has 1 aromatic heterocycles. The van der Waals surface area contributed by atoms with Crippen LogP contribution in [0.4, 0.5) is 5.82 Å². The van der Waals surface area contributed by atoms with E-state index in [1.165, 1.54) is 0 Å². The Bertz CT molecular complexity index is 1190. The van der Waals surface area contributed by atoms with Crippen LogP contribution in [0.2, 0.25) is 0 Å². The fraction of sp³-hybridized carbons (Fsp3) is 0.115. The van der Waals surface area contributed by atoms with Gasteiger partial charge in [-0.05, 0) is 60.5 Å². The van der Waals surface area contributed by atoms with Crippen molar-refractivity contribution >= 4 is 11.7 Å². The predicted octanol–water partition coefficient (Wildman–Crippen LogP) is 5.10. The summed E-state index contributed by atoms with van der Waals surface area (Å²) in [5.41, 5.74) is 3.91. The smallest absolute Gasteiger partial charge is 0.225 e. The van der Waals surface area contributed by atoms with Gasteiger partial charge in [0.05, 0.1) is 19.0 Å². The van der Waals surface area contributed by atoms with Crippen LogP contribution >= 0.6 is 0 Å². The third kappa shape index (κ3) is 5.10. The van der Waals surface area contributed by atoms with E-state index in [2.05, 4.69) is 10.3 Å². The lowest BCUT2D eigenvalue weighted by Crippen LogP contribution is -2.15. The van der Waals surface area contributed by atoms with Gasteiger partial charge in [-0.15, -0.1) is 0 Å². The number of methoxy groups -OCH3 is 1. The minimum atomic E-state index is -0.139. The Balaban J connectivity index is 1.61. The highest BCUT2D eigenvalue weighted by Crippen LogP contribution is 2.29. The third-order valence-corrected chi connectivity index (χ3v) is 5.04. The van der Waals surface area contributed by atoms with Gasteiger partial charge in [0.1, 0.15) is 17.2 Å². The molecule has 2 N–H and O–H groups in total. The van der Waals surface area contributed by atoms with Gasteiger partial charge in [-0.25, -0.2) is 9.97 Å². The van der Waals surface area contributed by atoms with Crippen molar-refractivity contribution in [1.82, 2.24) is 9.97 Å². The summed E-state index contributed by atoms with van der Waals surface area (Å²) in [6.45, 7) is 0. The molecule has 0 atom stereocenters. The Morgan fingerprint density at radius 3 is 2.31 bits per heavy atom. The van der Waals surface area contributed by atoms with Gasteiger partial charge >= 0.3 is 0 Å². The van der Waals surface area contributed by atoms with Crippen molar-refractivity contribution in [2.45, 2.75) is 12.8 Å². The molecule has 32 heavy (non-hydrogen) atoms. The van der Waals surface area contributed by atoms with E-state index in [1.807, 2.05) is 54.6 Å². The molecule has 0 radical (unpaired) electrons. The molecule has 0 aliphatic carbocycles. The van der Waals surface area contributed by atoms with E-state index in [-0.39, 0.29) is 11.7 Å². The lowest BCUT2D eigenvalue weighted by atomic mass is 10.1. The summed E-state index contributed by atoms with van der Waals surface area (Å²) in [6, 6.07) is 24.0. The first-order valence-electron chi connectivity index (χ1n) is 10.3. The van der Waals surface area contributed by atoms with E-state index in [0.717, 1.165) is 22.4 Å². The van der Waals surface area contributed by atoms with Crippen LogP contribution < -0.4 is 10.1 Å². The quantitative estimate of drug-likeness (QED) is 0.431. The molecule has 1 heterocycles. The van der Waals surface area contributed by atoms with E-state index < -0.39 is 0 Å². The van der Waals surface area contributed by atoms with Gasteiger partial charge in [0.25, 0.3) is 0 Å². The van der Waals surface area contributed by atoms with Crippen LogP contribution in [0.25, 0.3) is 22.5 Å². The van der Waals surface area contributed by atoms with Crippen molar-refractivity contribution in [1.29, 1.82) is 0 Å². The second kappa shape index (κ2) is 9.75. The monoisotopic (exact) mass is 425 g/mol. The molecule has 0 aliphatic heterocycles. The Labute approximate surface area is 186 Å². The van der Waals surface area contributed by atoms with Crippen LogP contribution in [0, 0.1) is 0 Å². The average molecular weight is 425 g/mol. The number of rotatable bonds is 7. The van der Waals surface area contributed by atoms with Crippen molar-refractivity contribution in [2.24, 2.45) is 0 Å². The number of phenolic OH excluding ortho intramolecular Hbond substituents is 1. The molecule has 0 saturated carbocycles. The molecule has 6 heteroatoms. The van der Waals surface area contributed by atoms with Crippen LogP contribution in [-0.2, 0) is 11.2 Å². The number of aryl methyl sites for hydroxylation is 1. The number of carbonyl (C=O) groups is 1. The van der Waals surface area contributed by atoms with E-state index in [1.54, 1.807) is 37.6 Å². The molecule has 0 aliphatic rings. The second-order valence-electron chi connectivity index (χ2n) is 7.26. The van der Waals surface area contributed by atoms with Gasteiger partial charge in [0, 0.05) is 17.5 Å². The summed E-state index contributed by atoms with van der Waals surface area (Å²) < 4.78 is 5.22. The third-order valence-electron chi connectivity index (χ3n) is 5.04. The highest BCUT2D eigenvalue weighted by molar-refractivity contribution is 5.93. The number of phenols is 1. The van der Waals surface area contributed by atoms with Crippen molar-refractivity contribution in [3.63, 3.8) is 0 Å². The van der Waals surface area contributed by atoms with Gasteiger partial charge < -0.3 is 15.2 Å². The van der Waals surface area contributed by atoms with Gasteiger partial charge in [-0.2, -0.15) is 0 Å². The maximum atomic E-state index is 12.6. The Kier molecular flexibility index (Phi) is 6.41. The summed E-state index contributed by atoms with van der Waals surface area (Å²) in [5.74, 6) is 1.15. The summed E-state index contributed by atoms with van der Waals surface area (Å²) in [6.07, 6.45) is 2.61. The zero-order valence-electron chi connectivity index (χ0n) is 17.7. The molecule has 0 spiro atoms. The summed E-state index contributed by atoms with van der Waals surface area (Å²) in [7, 11) is 1.62. The van der Waals surface area contributed by atoms with Gasteiger partial charge in [-0.1, -0.05) is 30.3 Å². The Morgan fingerprint density at radius 1 is 0.938 bits per heavy atom. The maximum Gasteiger partial charge on any atom is 0.225 e. The lowest BCUT2D eigenvalue weighted by molar-refractivity contribution is -0.116. The maximum absolute atomic E-state index is 12.6. The van der Waals surface area contributed by atoms with E-state index in [9.17, 15) is 9.90 Å². The number of nitrogens with zero attached hydrogens (tertiary/aromatic N) is 2. The normalized spacial score (nSPS) is 10.5. The van der Waals surface area contributed by atoms with Crippen LogP contribution in [0.15, 0.2) is 85.1 Å². The fourth-order valence-electron chi connectivity index (χ4n) is 3.30. The first kappa shape index (κ1) is 21.1. The fourth-order valence-corrected chi connectivity index (χ4v) is 3.30. The highest BCUT2D eigenvalue weighted by atomic mass is 16.5. The number of benzene rings is 3. The Morgan fingerprint density at radius 2 is 1.62 bits per heavy atom. The first-order chi connectivity index (χ1) is 15.6. The second-order valence-corrected chi connectivity index (χ2v) is 7.26. The number of nitrogens with one attached hydrogen (secondary N) is 1. The zero-order chi connectivity index (χ0) is 22.3. The molecule has 4 aromatic rings. The van der Waals surface area contributed by atoms with E-state index in [0.29, 0.717) is 30.0 Å². The number of aromatic hydroxyl groups is 1. The van der Waals surface area contributed by atoms with Gasteiger partial charge in [-0.3, -0.25) is 4.79 Å². The molecule has 0 fully saturated rings. The summed E-state index contributed by atoms with van der Waals surface area (Å²) in [5, 5.41) is 12.6. The minimum absolute atomic E-state index is 0.139. The van der Waals surface area contributed by atoms with Crippen molar-refractivity contribution < 1.29 is 14.6 Å². The first-order valence-corrected chi connectivity index (χ1v) is 10.3. The Hall–Kier alpha value is -4.19. The van der Waals surface area contributed by atoms with Crippen molar-refractivity contribution in [3.8, 4) is 34.0 Å². The number of aromatic nitrogens is 2. The number of carbonyl (C=O) groups excluding carboxylic acids is 1. The predicted molar refractivity (Wildman–Crippen MR) is 125 cm³/mol. The molecule has 4 rings (SSSR count). The average Bonchev–Trinajstić information content (AvgIpc) is 2.84. The SMILES string of the molecule is COc1ccc(-c2cnc(NC(=O)CCc3ccccc3)c(-c3ccc(O)cc3)n2)cc1. The van der Waals surface area contributed by atoms with Gasteiger partial charge in [0.2, 0.25) is 5.91 Å². The summed E-state index contributed by atoms with van der Waals surface area (Å²) in [4.78, 5) is 21.9. The van der Waals surface area contributed by atoms with E-state index >= 15 is 0 Å². The van der Waals surface area contributed by atoms with E-state index in [4.69, 9.17) is 9.72 Å². The topological polar surface area (TPSA) is 84.3 Å². The minimum Gasteiger partial charge on any atom is -0.508 e. The lowest BCUT2D eigenvalue weighted by Gasteiger charge is -2.12. The molecule has 0 bridgehead atoms.